The number of methoxy groups -OCH3 is 2. The molecule has 1 fully saturated rings. The Hall–Kier alpha value is -2.05. The number of carbonyl (C=O) groups excluding carboxylic acids is 3. The maximum absolute atomic E-state index is 14.6. The molecule has 2 rings (SSSR count). The van der Waals surface area contributed by atoms with Crippen LogP contribution in [0.2, 0.25) is 0 Å². The predicted octanol–water partition coefficient (Wildman–Crippen LogP) is 5.37. The number of ketones is 3. The average molecular weight is 475 g/mol. The minimum absolute atomic E-state index is 0.00197. The van der Waals surface area contributed by atoms with Gasteiger partial charge in [0, 0.05) is 24.5 Å². The molecular formula is C28H42O6. The van der Waals surface area contributed by atoms with Crippen LogP contribution in [0.4, 0.5) is 0 Å². The lowest BCUT2D eigenvalue weighted by Gasteiger charge is -2.60. The van der Waals surface area contributed by atoms with E-state index >= 15 is 0 Å². The molecule has 6 heteroatoms. The van der Waals surface area contributed by atoms with E-state index in [-0.39, 0.29) is 18.4 Å². The molecule has 2 aliphatic carbocycles. The molecule has 0 aromatic rings. The van der Waals surface area contributed by atoms with Crippen LogP contribution < -0.4 is 0 Å². The Bertz CT molecular complexity index is 902. The maximum atomic E-state index is 14.6. The second-order valence-electron chi connectivity index (χ2n) is 10.7. The minimum Gasteiger partial charge on any atom is -0.500 e. The lowest BCUT2D eigenvalue weighted by molar-refractivity contribution is -0.205. The van der Waals surface area contributed by atoms with Gasteiger partial charge in [-0.15, -0.1) is 0 Å². The number of rotatable bonds is 11. The Morgan fingerprint density at radius 3 is 2.24 bits per heavy atom. The number of hydrogen-bond acceptors (Lipinski definition) is 6. The summed E-state index contributed by atoms with van der Waals surface area (Å²) in [4.78, 5) is 42.6. The highest BCUT2D eigenvalue weighted by Crippen LogP contribution is 2.64. The molecule has 0 aliphatic heterocycles. The topological polar surface area (TPSA) is 78.9 Å². The van der Waals surface area contributed by atoms with E-state index in [0.717, 1.165) is 11.1 Å². The minimum atomic E-state index is -1.84. The van der Waals surface area contributed by atoms with Crippen LogP contribution in [-0.2, 0) is 28.6 Å². The van der Waals surface area contributed by atoms with Crippen molar-refractivity contribution in [2.45, 2.75) is 80.3 Å². The largest absolute Gasteiger partial charge is 0.500 e. The van der Waals surface area contributed by atoms with Gasteiger partial charge in [0.25, 0.3) is 0 Å². The van der Waals surface area contributed by atoms with Gasteiger partial charge >= 0.3 is 0 Å². The van der Waals surface area contributed by atoms with Crippen LogP contribution in [0.25, 0.3) is 0 Å². The van der Waals surface area contributed by atoms with Gasteiger partial charge in [-0.2, -0.15) is 0 Å². The molecule has 34 heavy (non-hydrogen) atoms. The molecule has 0 heterocycles. The third-order valence-corrected chi connectivity index (χ3v) is 7.56. The van der Waals surface area contributed by atoms with Crippen molar-refractivity contribution in [3.05, 3.63) is 35.1 Å². The summed E-state index contributed by atoms with van der Waals surface area (Å²) in [6.07, 6.45) is 6.63. The first-order valence-electron chi connectivity index (χ1n) is 12.1. The molecule has 0 radical (unpaired) electrons. The summed E-state index contributed by atoms with van der Waals surface area (Å²) in [6.45, 7) is 13.3. The normalized spacial score (nSPS) is 30.6. The zero-order valence-corrected chi connectivity index (χ0v) is 22.4. The fraction of sp³-hybridized carbons (Fsp3) is 0.679. The third kappa shape index (κ3) is 4.47. The third-order valence-electron chi connectivity index (χ3n) is 7.56. The van der Waals surface area contributed by atoms with Crippen LogP contribution in [0.5, 0.6) is 0 Å². The van der Waals surface area contributed by atoms with Crippen LogP contribution >= 0.6 is 0 Å². The second-order valence-corrected chi connectivity index (χ2v) is 10.7. The van der Waals surface area contributed by atoms with Crippen molar-refractivity contribution in [2.75, 3.05) is 21.0 Å². The van der Waals surface area contributed by atoms with E-state index in [1.807, 2.05) is 40.7 Å². The Kier molecular flexibility index (Phi) is 8.87. The molecule has 0 aromatic carbocycles. The summed E-state index contributed by atoms with van der Waals surface area (Å²) in [5.74, 6) is -1.38. The monoisotopic (exact) mass is 474 g/mol. The van der Waals surface area contributed by atoms with Crippen molar-refractivity contribution in [3.8, 4) is 0 Å². The van der Waals surface area contributed by atoms with E-state index in [0.29, 0.717) is 31.4 Å². The van der Waals surface area contributed by atoms with Gasteiger partial charge in [-0.25, -0.2) is 0 Å². The molecule has 4 atom stereocenters. The number of ether oxygens (including phenoxy) is 3. The van der Waals surface area contributed by atoms with Gasteiger partial charge in [0.2, 0.25) is 0 Å². The van der Waals surface area contributed by atoms with Gasteiger partial charge in [0.15, 0.2) is 22.8 Å². The first kappa shape index (κ1) is 28.2. The van der Waals surface area contributed by atoms with Crippen molar-refractivity contribution in [1.82, 2.24) is 0 Å². The molecule has 0 spiro atoms. The Morgan fingerprint density at radius 2 is 1.74 bits per heavy atom. The Balaban J connectivity index is 2.91. The van der Waals surface area contributed by atoms with E-state index in [1.54, 1.807) is 13.8 Å². The van der Waals surface area contributed by atoms with E-state index in [1.165, 1.54) is 20.3 Å². The first-order valence-corrected chi connectivity index (χ1v) is 12.1. The van der Waals surface area contributed by atoms with Crippen molar-refractivity contribution in [1.29, 1.82) is 0 Å². The van der Waals surface area contributed by atoms with Gasteiger partial charge < -0.3 is 14.2 Å². The highest BCUT2D eigenvalue weighted by Gasteiger charge is 2.75. The van der Waals surface area contributed by atoms with Gasteiger partial charge in [0.1, 0.15) is 12.6 Å². The Labute approximate surface area is 204 Å². The maximum Gasteiger partial charge on any atom is 0.180 e. The van der Waals surface area contributed by atoms with Gasteiger partial charge in [0.05, 0.1) is 18.6 Å². The molecule has 0 amide bonds. The van der Waals surface area contributed by atoms with Crippen molar-refractivity contribution in [2.24, 2.45) is 22.2 Å². The Morgan fingerprint density at radius 1 is 1.12 bits per heavy atom. The molecule has 0 saturated heterocycles. The molecular weight excluding hydrogens is 432 g/mol. The van der Waals surface area contributed by atoms with E-state index in [9.17, 15) is 14.4 Å². The summed E-state index contributed by atoms with van der Waals surface area (Å²) in [6, 6.07) is 0. The lowest BCUT2D eigenvalue weighted by Crippen LogP contribution is -2.72. The van der Waals surface area contributed by atoms with Gasteiger partial charge in [-0.3, -0.25) is 14.4 Å². The zero-order chi connectivity index (χ0) is 25.9. The summed E-state index contributed by atoms with van der Waals surface area (Å²) in [7, 11) is 3.01. The fourth-order valence-corrected chi connectivity index (χ4v) is 5.72. The molecule has 2 bridgehead atoms. The standard InChI is InChI=1S/C28H42O6/c1-18(2)11-10-13-26(7)23(34-17-32-8)16-27(14-12-19(3)4)22(33-9)15-21(29)28(26,25(27)31)24(30)20(5)6/h11-12,15,20,23H,10,13-14,16-17H2,1-9H3. The van der Waals surface area contributed by atoms with Crippen molar-refractivity contribution >= 4 is 17.3 Å². The van der Waals surface area contributed by atoms with Crippen molar-refractivity contribution in [3.63, 3.8) is 0 Å². The number of allylic oxidation sites excluding steroid dienone is 6. The summed E-state index contributed by atoms with van der Waals surface area (Å²) >= 11 is 0. The quantitative estimate of drug-likeness (QED) is 0.228. The SMILES string of the molecule is COCOC1CC2(CC=C(C)C)C(=O)C(C(=O)C(C)C)(C(=O)C=C2OC)C1(C)CCC=C(C)C. The molecule has 4 unspecified atom stereocenters. The summed E-state index contributed by atoms with van der Waals surface area (Å²) < 4.78 is 17.1. The highest BCUT2D eigenvalue weighted by atomic mass is 16.7. The first-order chi connectivity index (χ1) is 15.8. The molecule has 1 saturated carbocycles. The molecule has 2 aliphatic rings. The smallest absolute Gasteiger partial charge is 0.180 e. The molecule has 0 aromatic heterocycles. The summed E-state index contributed by atoms with van der Waals surface area (Å²) in [5, 5.41) is 0. The van der Waals surface area contributed by atoms with E-state index < -0.39 is 34.1 Å². The van der Waals surface area contributed by atoms with Crippen molar-refractivity contribution < 1.29 is 28.6 Å². The van der Waals surface area contributed by atoms with Crippen LogP contribution in [0, 0.1) is 22.2 Å². The van der Waals surface area contributed by atoms with Gasteiger partial charge in [-0.05, 0) is 53.4 Å². The second kappa shape index (κ2) is 10.7. The molecule has 190 valence electrons. The number of carbonyl (C=O) groups is 3. The predicted molar refractivity (Wildman–Crippen MR) is 132 cm³/mol. The number of fused-ring (bicyclic) bond motifs is 2. The lowest BCUT2D eigenvalue weighted by atomic mass is 9.41. The molecule has 6 nitrogen and oxygen atoms in total. The van der Waals surface area contributed by atoms with Crippen LogP contribution in [0.15, 0.2) is 35.1 Å². The van der Waals surface area contributed by atoms with E-state index in [2.05, 4.69) is 6.08 Å². The van der Waals surface area contributed by atoms with Crippen LogP contribution in [0.1, 0.15) is 74.1 Å². The summed E-state index contributed by atoms with van der Waals surface area (Å²) in [5.41, 5.74) is -1.86. The number of Topliss-reactive ketones (excluding diaryl/α,β-unsaturated/α-hetero) is 2. The van der Waals surface area contributed by atoms with Crippen LogP contribution in [-0.4, -0.2) is 44.5 Å². The average Bonchev–Trinajstić information content (AvgIpc) is 2.75. The molecule has 0 N–H and O–H groups in total. The van der Waals surface area contributed by atoms with E-state index in [4.69, 9.17) is 14.2 Å². The zero-order valence-electron chi connectivity index (χ0n) is 22.4. The number of hydrogen-bond donors (Lipinski definition) is 0. The van der Waals surface area contributed by atoms with Gasteiger partial charge in [-0.1, -0.05) is 44.1 Å². The highest BCUT2D eigenvalue weighted by molar-refractivity contribution is 6.32. The fourth-order valence-electron chi connectivity index (χ4n) is 5.72. The van der Waals surface area contributed by atoms with Crippen LogP contribution in [0.3, 0.4) is 0 Å².